The number of nitrogens with zero attached hydrogens (tertiary/aromatic N) is 4. The Balaban J connectivity index is 1.52. The molecule has 0 radical (unpaired) electrons. The van der Waals surface area contributed by atoms with Gasteiger partial charge in [0.05, 0.1) is 36.1 Å². The smallest absolute Gasteiger partial charge is 0.235 e. The Bertz CT molecular complexity index is 1100. The quantitative estimate of drug-likeness (QED) is 0.469. The number of anilines is 1. The molecule has 1 aromatic carbocycles. The van der Waals surface area contributed by atoms with E-state index in [0.717, 1.165) is 27.9 Å². The maximum Gasteiger partial charge on any atom is 0.235 e. The van der Waals surface area contributed by atoms with Gasteiger partial charge < -0.3 is 14.3 Å². The van der Waals surface area contributed by atoms with Crippen molar-refractivity contribution in [1.82, 2.24) is 19.3 Å². The highest BCUT2D eigenvalue weighted by Crippen LogP contribution is 2.27. The minimum absolute atomic E-state index is 0.105. The molecule has 1 amide bonds. The van der Waals surface area contributed by atoms with E-state index < -0.39 is 0 Å². The van der Waals surface area contributed by atoms with Gasteiger partial charge in [0.2, 0.25) is 5.91 Å². The van der Waals surface area contributed by atoms with Crippen molar-refractivity contribution in [1.29, 1.82) is 0 Å². The van der Waals surface area contributed by atoms with Crippen molar-refractivity contribution in [3.8, 4) is 11.3 Å². The molecule has 8 heteroatoms. The van der Waals surface area contributed by atoms with Crippen LogP contribution in [0, 0.1) is 6.92 Å². The first-order valence-electron chi connectivity index (χ1n) is 9.17. The second kappa shape index (κ2) is 8.40. The fourth-order valence-electron chi connectivity index (χ4n) is 3.06. The van der Waals surface area contributed by atoms with E-state index in [0.29, 0.717) is 12.4 Å². The minimum atomic E-state index is -0.105. The average molecular weight is 407 g/mol. The summed E-state index contributed by atoms with van der Waals surface area (Å²) in [5.41, 5.74) is 2.90. The molecular formula is C21H21N5O2S. The van der Waals surface area contributed by atoms with Crippen molar-refractivity contribution in [3.05, 3.63) is 72.4 Å². The number of nitrogens with one attached hydrogen (secondary N) is 1. The van der Waals surface area contributed by atoms with Gasteiger partial charge in [-0.05, 0) is 24.6 Å². The second-order valence-corrected chi connectivity index (χ2v) is 7.53. The van der Waals surface area contributed by atoms with Crippen molar-refractivity contribution < 1.29 is 9.21 Å². The van der Waals surface area contributed by atoms with Crippen molar-refractivity contribution in [2.75, 3.05) is 11.1 Å². The third-order valence-corrected chi connectivity index (χ3v) is 5.37. The molecule has 0 unspecified atom stereocenters. The number of hydrogen-bond donors (Lipinski definition) is 1. The van der Waals surface area contributed by atoms with Crippen LogP contribution in [-0.4, -0.2) is 31.0 Å². The summed E-state index contributed by atoms with van der Waals surface area (Å²) in [4.78, 5) is 17.0. The molecule has 148 valence electrons. The summed E-state index contributed by atoms with van der Waals surface area (Å²) >= 11 is 1.39. The molecule has 1 N–H and O–H groups in total. The molecular weight excluding hydrogens is 386 g/mol. The van der Waals surface area contributed by atoms with E-state index in [-0.39, 0.29) is 11.7 Å². The molecule has 0 fully saturated rings. The fraction of sp³-hybridized carbons (Fsp3) is 0.190. The van der Waals surface area contributed by atoms with E-state index >= 15 is 0 Å². The maximum atomic E-state index is 12.4. The highest BCUT2D eigenvalue weighted by molar-refractivity contribution is 7.99. The minimum Gasteiger partial charge on any atom is -0.467 e. The van der Waals surface area contributed by atoms with Crippen LogP contribution in [0.4, 0.5) is 5.82 Å². The lowest BCUT2D eigenvalue weighted by molar-refractivity contribution is -0.113. The van der Waals surface area contributed by atoms with Crippen molar-refractivity contribution in [2.45, 2.75) is 18.6 Å². The number of furan rings is 1. The summed E-state index contributed by atoms with van der Waals surface area (Å²) in [5.74, 6) is 1.65. The van der Waals surface area contributed by atoms with Gasteiger partial charge in [-0.15, -0.1) is 0 Å². The Hall–Kier alpha value is -3.26. The van der Waals surface area contributed by atoms with Gasteiger partial charge in [0, 0.05) is 13.1 Å². The van der Waals surface area contributed by atoms with Gasteiger partial charge in [-0.25, -0.2) is 4.98 Å². The van der Waals surface area contributed by atoms with E-state index in [4.69, 9.17) is 4.42 Å². The Morgan fingerprint density at radius 2 is 2.03 bits per heavy atom. The van der Waals surface area contributed by atoms with Crippen LogP contribution in [0.5, 0.6) is 0 Å². The van der Waals surface area contributed by atoms with Crippen molar-refractivity contribution in [2.24, 2.45) is 7.05 Å². The average Bonchev–Trinajstić information content (AvgIpc) is 3.43. The summed E-state index contributed by atoms with van der Waals surface area (Å²) in [6.07, 6.45) is 3.49. The normalized spacial score (nSPS) is 11.0. The predicted molar refractivity (Wildman–Crippen MR) is 113 cm³/mol. The van der Waals surface area contributed by atoms with Crippen LogP contribution >= 0.6 is 11.8 Å². The van der Waals surface area contributed by atoms with Gasteiger partial charge in [-0.2, -0.15) is 5.10 Å². The van der Waals surface area contributed by atoms with Gasteiger partial charge >= 0.3 is 0 Å². The van der Waals surface area contributed by atoms with Gasteiger partial charge in [0.25, 0.3) is 0 Å². The Kier molecular flexibility index (Phi) is 5.53. The Morgan fingerprint density at radius 1 is 1.21 bits per heavy atom. The molecule has 0 aliphatic carbocycles. The zero-order chi connectivity index (χ0) is 20.2. The standard InChI is InChI=1S/C21H21N5O2S/c1-15-11-19(25(2)24-15)23-20(27)14-29-21-22-12-18(16-7-4-3-5-8-16)26(21)13-17-9-6-10-28-17/h3-12H,13-14H2,1-2H3,(H,23,27). The van der Waals surface area contributed by atoms with Crippen molar-refractivity contribution in [3.63, 3.8) is 0 Å². The number of aryl methyl sites for hydroxylation is 2. The second-order valence-electron chi connectivity index (χ2n) is 6.59. The summed E-state index contributed by atoms with van der Waals surface area (Å²) in [6, 6.07) is 15.7. The highest BCUT2D eigenvalue weighted by Gasteiger charge is 2.16. The van der Waals surface area contributed by atoms with Crippen LogP contribution in [0.1, 0.15) is 11.5 Å². The molecule has 4 rings (SSSR count). The Labute approximate surface area is 172 Å². The van der Waals surface area contributed by atoms with Gasteiger partial charge in [0.1, 0.15) is 11.6 Å². The lowest BCUT2D eigenvalue weighted by Crippen LogP contribution is -2.17. The maximum absolute atomic E-state index is 12.4. The molecule has 29 heavy (non-hydrogen) atoms. The predicted octanol–water partition coefficient (Wildman–Crippen LogP) is 3.96. The molecule has 3 heterocycles. The van der Waals surface area contributed by atoms with E-state index in [1.165, 1.54) is 11.8 Å². The van der Waals surface area contributed by atoms with E-state index in [1.54, 1.807) is 18.0 Å². The number of amides is 1. The summed E-state index contributed by atoms with van der Waals surface area (Å²) in [7, 11) is 1.80. The third kappa shape index (κ3) is 4.43. The van der Waals surface area contributed by atoms with Gasteiger partial charge in [-0.3, -0.25) is 9.48 Å². The summed E-state index contributed by atoms with van der Waals surface area (Å²) < 4.78 is 9.25. The van der Waals surface area contributed by atoms with Crippen LogP contribution in [-0.2, 0) is 18.4 Å². The lowest BCUT2D eigenvalue weighted by atomic mass is 10.2. The SMILES string of the molecule is Cc1cc(NC(=O)CSc2ncc(-c3ccccc3)n2Cc2ccco2)n(C)n1. The molecule has 0 aliphatic rings. The molecule has 0 bridgehead atoms. The van der Waals surface area contributed by atoms with Crippen LogP contribution in [0.15, 0.2) is 70.6 Å². The molecule has 0 saturated heterocycles. The van der Waals surface area contributed by atoms with Crippen LogP contribution in [0.25, 0.3) is 11.3 Å². The number of benzene rings is 1. The molecule has 3 aromatic heterocycles. The number of thioether (sulfide) groups is 1. The van der Waals surface area contributed by atoms with Gasteiger partial charge in [0.15, 0.2) is 5.16 Å². The fourth-order valence-corrected chi connectivity index (χ4v) is 3.84. The van der Waals surface area contributed by atoms with Crippen LogP contribution in [0.2, 0.25) is 0 Å². The Morgan fingerprint density at radius 3 is 2.72 bits per heavy atom. The van der Waals surface area contributed by atoms with Crippen molar-refractivity contribution >= 4 is 23.5 Å². The summed E-state index contributed by atoms with van der Waals surface area (Å²) in [5, 5.41) is 7.89. The lowest BCUT2D eigenvalue weighted by Gasteiger charge is -2.11. The molecule has 0 saturated carbocycles. The largest absolute Gasteiger partial charge is 0.467 e. The number of carbonyl (C=O) groups is 1. The zero-order valence-electron chi connectivity index (χ0n) is 16.2. The number of hydrogen-bond acceptors (Lipinski definition) is 5. The topological polar surface area (TPSA) is 77.9 Å². The zero-order valence-corrected chi connectivity index (χ0v) is 17.0. The molecule has 0 spiro atoms. The number of imidazole rings is 1. The molecule has 0 atom stereocenters. The number of rotatable bonds is 7. The van der Waals surface area contributed by atoms with Crippen LogP contribution in [0.3, 0.4) is 0 Å². The monoisotopic (exact) mass is 407 g/mol. The first-order chi connectivity index (χ1) is 14.1. The van der Waals surface area contributed by atoms with Crippen LogP contribution < -0.4 is 5.32 Å². The van der Waals surface area contributed by atoms with E-state index in [9.17, 15) is 4.79 Å². The number of aromatic nitrogens is 4. The molecule has 4 aromatic rings. The number of carbonyl (C=O) groups excluding carboxylic acids is 1. The first-order valence-corrected chi connectivity index (χ1v) is 10.2. The van der Waals surface area contributed by atoms with E-state index in [1.807, 2.05) is 61.7 Å². The van der Waals surface area contributed by atoms with Gasteiger partial charge in [-0.1, -0.05) is 42.1 Å². The highest BCUT2D eigenvalue weighted by atomic mass is 32.2. The molecule has 7 nitrogen and oxygen atoms in total. The van der Waals surface area contributed by atoms with E-state index in [2.05, 4.69) is 20.0 Å². The summed E-state index contributed by atoms with van der Waals surface area (Å²) in [6.45, 7) is 2.43. The first kappa shape index (κ1) is 19.1. The third-order valence-electron chi connectivity index (χ3n) is 4.38. The molecule has 0 aliphatic heterocycles.